The summed E-state index contributed by atoms with van der Waals surface area (Å²) in [4.78, 5) is 0. The van der Waals surface area contributed by atoms with Crippen molar-refractivity contribution in [3.8, 4) is 5.75 Å². The van der Waals surface area contributed by atoms with Crippen LogP contribution in [0, 0.1) is 5.92 Å². The Morgan fingerprint density at radius 2 is 1.85 bits per heavy atom. The highest BCUT2D eigenvalue weighted by Crippen LogP contribution is 2.31. The Hall–Kier alpha value is -0.890. The molecule has 0 aliphatic heterocycles. The predicted octanol–water partition coefficient (Wildman–Crippen LogP) is 5.51. The van der Waals surface area contributed by atoms with Gasteiger partial charge in [0.1, 0.15) is 5.75 Å². The molecule has 0 spiro atoms. The van der Waals surface area contributed by atoms with E-state index in [1.54, 1.807) is 0 Å². The minimum Gasteiger partial charge on any atom is -0.489 e. The standard InChI is InChI=1S/C17H26ClNO/c1-12(2)20-17-10-9-15(11-16(17)18)19-13(3)14-7-5-4-6-8-14/h9-14,19H,4-8H2,1-3H3. The maximum Gasteiger partial charge on any atom is 0.138 e. The number of benzene rings is 1. The number of anilines is 1. The van der Waals surface area contributed by atoms with Gasteiger partial charge in [0.05, 0.1) is 11.1 Å². The third-order valence-corrected chi connectivity index (χ3v) is 4.34. The van der Waals surface area contributed by atoms with Crippen LogP contribution in [0.25, 0.3) is 0 Å². The first-order valence-electron chi connectivity index (χ1n) is 7.79. The Kier molecular flexibility index (Phi) is 5.59. The fourth-order valence-electron chi connectivity index (χ4n) is 2.96. The number of nitrogens with one attached hydrogen (secondary N) is 1. The predicted molar refractivity (Wildman–Crippen MR) is 86.9 cm³/mol. The van der Waals surface area contributed by atoms with Crippen molar-refractivity contribution in [1.82, 2.24) is 0 Å². The first kappa shape index (κ1) is 15.5. The van der Waals surface area contributed by atoms with E-state index in [2.05, 4.69) is 18.3 Å². The molecule has 0 bridgehead atoms. The molecule has 0 radical (unpaired) electrons. The maximum atomic E-state index is 6.28. The summed E-state index contributed by atoms with van der Waals surface area (Å²) in [6, 6.07) is 6.49. The molecule has 112 valence electrons. The van der Waals surface area contributed by atoms with Gasteiger partial charge in [-0.1, -0.05) is 30.9 Å². The van der Waals surface area contributed by atoms with Gasteiger partial charge in [0.2, 0.25) is 0 Å². The third-order valence-electron chi connectivity index (χ3n) is 4.05. The summed E-state index contributed by atoms with van der Waals surface area (Å²) in [5.74, 6) is 1.55. The summed E-state index contributed by atoms with van der Waals surface area (Å²) in [5.41, 5.74) is 1.09. The Balaban J connectivity index is 1.97. The molecule has 2 nitrogen and oxygen atoms in total. The van der Waals surface area contributed by atoms with E-state index >= 15 is 0 Å². The molecule has 1 aromatic carbocycles. The van der Waals surface area contributed by atoms with E-state index in [1.807, 2.05) is 26.0 Å². The van der Waals surface area contributed by atoms with Crippen LogP contribution in [0.4, 0.5) is 5.69 Å². The fourth-order valence-corrected chi connectivity index (χ4v) is 3.18. The molecule has 0 heterocycles. The van der Waals surface area contributed by atoms with Gasteiger partial charge in [-0.2, -0.15) is 0 Å². The molecule has 1 aliphatic carbocycles. The SMILES string of the molecule is CC(C)Oc1ccc(NC(C)C2CCCCC2)cc1Cl. The zero-order valence-corrected chi connectivity index (χ0v) is 13.5. The van der Waals surface area contributed by atoms with Crippen LogP contribution in [0.3, 0.4) is 0 Å². The highest BCUT2D eigenvalue weighted by atomic mass is 35.5. The smallest absolute Gasteiger partial charge is 0.138 e. The highest BCUT2D eigenvalue weighted by Gasteiger charge is 2.20. The van der Waals surface area contributed by atoms with Gasteiger partial charge in [0.25, 0.3) is 0 Å². The molecule has 2 rings (SSSR count). The van der Waals surface area contributed by atoms with Gasteiger partial charge < -0.3 is 10.1 Å². The van der Waals surface area contributed by atoms with Crippen molar-refractivity contribution in [1.29, 1.82) is 0 Å². The van der Waals surface area contributed by atoms with Crippen molar-refractivity contribution < 1.29 is 4.74 Å². The van der Waals surface area contributed by atoms with E-state index in [9.17, 15) is 0 Å². The molecule has 3 heteroatoms. The summed E-state index contributed by atoms with van der Waals surface area (Å²) in [6.07, 6.45) is 6.98. The molecule has 0 saturated heterocycles. The van der Waals surface area contributed by atoms with Crippen molar-refractivity contribution in [2.75, 3.05) is 5.32 Å². The van der Waals surface area contributed by atoms with Gasteiger partial charge in [-0.15, -0.1) is 0 Å². The van der Waals surface area contributed by atoms with Crippen LogP contribution in [0.5, 0.6) is 5.75 Å². The van der Waals surface area contributed by atoms with Gasteiger partial charge in [0, 0.05) is 11.7 Å². The molecular weight excluding hydrogens is 270 g/mol. The molecule has 0 amide bonds. The van der Waals surface area contributed by atoms with Crippen LogP contribution in [-0.2, 0) is 0 Å². The topological polar surface area (TPSA) is 21.3 Å². The van der Waals surface area contributed by atoms with Crippen LogP contribution < -0.4 is 10.1 Å². The van der Waals surface area contributed by atoms with Gasteiger partial charge >= 0.3 is 0 Å². The number of rotatable bonds is 5. The van der Waals surface area contributed by atoms with Crippen molar-refractivity contribution in [3.63, 3.8) is 0 Å². The van der Waals surface area contributed by atoms with Gasteiger partial charge in [-0.25, -0.2) is 0 Å². The number of halogens is 1. The van der Waals surface area contributed by atoms with Crippen LogP contribution in [0.15, 0.2) is 18.2 Å². The summed E-state index contributed by atoms with van der Waals surface area (Å²) < 4.78 is 5.66. The monoisotopic (exact) mass is 295 g/mol. The van der Waals surface area contributed by atoms with Gasteiger partial charge in [-0.05, 0) is 57.7 Å². The molecule has 0 aromatic heterocycles. The normalized spacial score (nSPS) is 18.1. The number of hydrogen-bond donors (Lipinski definition) is 1. The van der Waals surface area contributed by atoms with E-state index in [-0.39, 0.29) is 6.10 Å². The zero-order chi connectivity index (χ0) is 14.5. The molecule has 1 atom stereocenters. The molecule has 1 unspecified atom stereocenters. The largest absolute Gasteiger partial charge is 0.489 e. The lowest BCUT2D eigenvalue weighted by atomic mass is 9.84. The zero-order valence-electron chi connectivity index (χ0n) is 12.8. The first-order valence-corrected chi connectivity index (χ1v) is 8.17. The lowest BCUT2D eigenvalue weighted by molar-refractivity contribution is 0.242. The first-order chi connectivity index (χ1) is 9.56. The molecular formula is C17H26ClNO. The summed E-state index contributed by atoms with van der Waals surface area (Å²) in [5, 5.41) is 4.27. The Labute approximate surface area is 127 Å². The van der Waals surface area contributed by atoms with Gasteiger partial charge in [0.15, 0.2) is 0 Å². The molecule has 1 aromatic rings. The molecule has 1 fully saturated rings. The van der Waals surface area contributed by atoms with Crippen LogP contribution in [0.2, 0.25) is 5.02 Å². The number of ether oxygens (including phenoxy) is 1. The van der Waals surface area contributed by atoms with E-state index in [0.717, 1.165) is 17.4 Å². The van der Waals surface area contributed by atoms with Crippen molar-refractivity contribution in [3.05, 3.63) is 23.2 Å². The third kappa shape index (κ3) is 4.31. The van der Waals surface area contributed by atoms with Crippen LogP contribution >= 0.6 is 11.6 Å². The second-order valence-electron chi connectivity index (χ2n) is 6.14. The highest BCUT2D eigenvalue weighted by molar-refractivity contribution is 6.32. The Morgan fingerprint density at radius 3 is 2.45 bits per heavy atom. The summed E-state index contributed by atoms with van der Waals surface area (Å²) in [7, 11) is 0. The lowest BCUT2D eigenvalue weighted by Gasteiger charge is -2.29. The number of hydrogen-bond acceptors (Lipinski definition) is 2. The Bertz CT molecular complexity index is 427. The minimum absolute atomic E-state index is 0.146. The molecule has 1 saturated carbocycles. The second-order valence-corrected chi connectivity index (χ2v) is 6.55. The molecule has 20 heavy (non-hydrogen) atoms. The van der Waals surface area contributed by atoms with E-state index in [1.165, 1.54) is 32.1 Å². The van der Waals surface area contributed by atoms with Gasteiger partial charge in [-0.3, -0.25) is 0 Å². The minimum atomic E-state index is 0.146. The quantitative estimate of drug-likeness (QED) is 0.773. The van der Waals surface area contributed by atoms with Crippen molar-refractivity contribution in [2.24, 2.45) is 5.92 Å². The average molecular weight is 296 g/mol. The van der Waals surface area contributed by atoms with Crippen LogP contribution in [0.1, 0.15) is 52.9 Å². The van der Waals surface area contributed by atoms with E-state index in [4.69, 9.17) is 16.3 Å². The molecule has 1 N–H and O–H groups in total. The maximum absolute atomic E-state index is 6.28. The molecule has 1 aliphatic rings. The lowest BCUT2D eigenvalue weighted by Crippen LogP contribution is -2.27. The van der Waals surface area contributed by atoms with E-state index in [0.29, 0.717) is 11.1 Å². The van der Waals surface area contributed by atoms with Crippen molar-refractivity contribution in [2.45, 2.75) is 65.0 Å². The second kappa shape index (κ2) is 7.21. The summed E-state index contributed by atoms with van der Waals surface area (Å²) >= 11 is 6.28. The fraction of sp³-hybridized carbons (Fsp3) is 0.647. The summed E-state index contributed by atoms with van der Waals surface area (Å²) in [6.45, 7) is 6.30. The van der Waals surface area contributed by atoms with E-state index < -0.39 is 0 Å². The average Bonchev–Trinajstić information content (AvgIpc) is 2.42. The van der Waals surface area contributed by atoms with Crippen molar-refractivity contribution >= 4 is 17.3 Å². The van der Waals surface area contributed by atoms with Crippen LogP contribution in [-0.4, -0.2) is 12.1 Å². The Morgan fingerprint density at radius 1 is 1.15 bits per heavy atom.